The standard InChI is InChI=1S/C12H14N4OS/c1-10(2)11(4-13)6-16(3)7-12(10,5-14)9(18)15-8(11)17/h6-7H2,1-3H3,(H,15,17,18). The van der Waals surface area contributed by atoms with Crippen LogP contribution in [0.15, 0.2) is 0 Å². The first-order valence-corrected chi connectivity index (χ1v) is 6.05. The van der Waals surface area contributed by atoms with Crippen LogP contribution in [0.3, 0.4) is 0 Å². The van der Waals surface area contributed by atoms with Crippen molar-refractivity contribution in [2.45, 2.75) is 13.8 Å². The van der Waals surface area contributed by atoms with Crippen LogP contribution >= 0.6 is 12.2 Å². The third-order valence-corrected chi connectivity index (χ3v) is 4.98. The van der Waals surface area contributed by atoms with Crippen molar-refractivity contribution >= 4 is 23.1 Å². The average Bonchev–Trinajstić information content (AvgIpc) is 2.29. The number of amides is 1. The van der Waals surface area contributed by atoms with Crippen LogP contribution in [0.2, 0.25) is 0 Å². The van der Waals surface area contributed by atoms with Gasteiger partial charge >= 0.3 is 0 Å². The van der Waals surface area contributed by atoms with Crippen molar-refractivity contribution < 1.29 is 4.79 Å². The molecule has 94 valence electrons. The minimum absolute atomic E-state index is 0.234. The van der Waals surface area contributed by atoms with Crippen molar-refractivity contribution in [2.75, 3.05) is 20.1 Å². The minimum atomic E-state index is -1.24. The molecule has 6 heteroatoms. The van der Waals surface area contributed by atoms with Crippen LogP contribution in [0.5, 0.6) is 0 Å². The molecule has 0 radical (unpaired) electrons. The summed E-state index contributed by atoms with van der Waals surface area (Å²) in [4.78, 5) is 14.3. The summed E-state index contributed by atoms with van der Waals surface area (Å²) < 4.78 is 0. The first-order valence-electron chi connectivity index (χ1n) is 5.64. The Morgan fingerprint density at radius 1 is 1.28 bits per heavy atom. The number of fused-ring (bicyclic) bond motifs is 2. The maximum Gasteiger partial charge on any atom is 0.247 e. The first-order chi connectivity index (χ1) is 8.27. The molecule has 2 saturated heterocycles. The molecular formula is C12H14N4OS. The molecule has 0 aromatic carbocycles. The van der Waals surface area contributed by atoms with Gasteiger partial charge in [-0.25, -0.2) is 0 Å². The van der Waals surface area contributed by atoms with Gasteiger partial charge in [-0.1, -0.05) is 26.1 Å². The van der Waals surface area contributed by atoms with Gasteiger partial charge in [0.05, 0.1) is 12.1 Å². The quantitative estimate of drug-likeness (QED) is 0.641. The van der Waals surface area contributed by atoms with Gasteiger partial charge in [-0.05, 0) is 7.05 Å². The Labute approximate surface area is 111 Å². The van der Waals surface area contributed by atoms with Gasteiger partial charge in [0.2, 0.25) is 5.91 Å². The van der Waals surface area contributed by atoms with E-state index in [1.165, 1.54) is 0 Å². The van der Waals surface area contributed by atoms with Crippen LogP contribution in [0, 0.1) is 38.9 Å². The summed E-state index contributed by atoms with van der Waals surface area (Å²) in [6.07, 6.45) is 0. The molecule has 0 saturated carbocycles. The second kappa shape index (κ2) is 3.50. The van der Waals surface area contributed by atoms with E-state index in [1.807, 2.05) is 4.90 Å². The molecule has 5 nitrogen and oxygen atoms in total. The molecule has 2 unspecified atom stereocenters. The highest BCUT2D eigenvalue weighted by Crippen LogP contribution is 2.57. The Balaban J connectivity index is 2.76. The Hall–Kier alpha value is -1.50. The molecule has 18 heavy (non-hydrogen) atoms. The fourth-order valence-corrected chi connectivity index (χ4v) is 3.56. The van der Waals surface area contributed by atoms with Crippen molar-refractivity contribution in [1.82, 2.24) is 10.2 Å². The van der Waals surface area contributed by atoms with E-state index in [2.05, 4.69) is 17.5 Å². The van der Waals surface area contributed by atoms with E-state index in [0.29, 0.717) is 13.1 Å². The molecule has 2 aliphatic heterocycles. The molecule has 2 bridgehead atoms. The summed E-state index contributed by atoms with van der Waals surface area (Å²) in [6, 6.07) is 4.38. The molecule has 0 aromatic rings. The van der Waals surface area contributed by atoms with Crippen LogP contribution in [-0.2, 0) is 4.79 Å². The molecule has 0 spiro atoms. The Bertz CT molecular complexity index is 485. The van der Waals surface area contributed by atoms with Crippen molar-refractivity contribution in [3.63, 3.8) is 0 Å². The molecule has 2 rings (SSSR count). The van der Waals surface area contributed by atoms with Crippen molar-refractivity contribution in [1.29, 1.82) is 10.5 Å². The normalized spacial score (nSPS) is 38.5. The van der Waals surface area contributed by atoms with E-state index in [4.69, 9.17) is 12.2 Å². The zero-order chi connectivity index (χ0) is 13.8. The van der Waals surface area contributed by atoms with Crippen LogP contribution in [-0.4, -0.2) is 35.9 Å². The van der Waals surface area contributed by atoms with Gasteiger partial charge < -0.3 is 10.2 Å². The number of nitriles is 2. The molecule has 0 aromatic heterocycles. The number of nitrogens with zero attached hydrogens (tertiary/aromatic N) is 3. The summed E-state index contributed by atoms with van der Waals surface area (Å²) in [7, 11) is 1.80. The number of likely N-dealkylation sites (tertiary alicyclic amines) is 1. The second-order valence-corrected chi connectivity index (χ2v) is 6.02. The van der Waals surface area contributed by atoms with Gasteiger partial charge in [0.15, 0.2) is 5.41 Å². The second-order valence-electron chi connectivity index (χ2n) is 5.61. The lowest BCUT2D eigenvalue weighted by Gasteiger charge is -2.59. The summed E-state index contributed by atoms with van der Waals surface area (Å²) >= 11 is 5.21. The Kier molecular flexibility index (Phi) is 2.52. The van der Waals surface area contributed by atoms with E-state index in [-0.39, 0.29) is 4.99 Å². The third kappa shape index (κ3) is 1.12. The molecule has 2 aliphatic rings. The highest BCUT2D eigenvalue weighted by Gasteiger charge is 2.70. The smallest absolute Gasteiger partial charge is 0.247 e. The minimum Gasteiger partial charge on any atom is -0.318 e. The SMILES string of the molecule is CN1CC2(C#N)C(=O)NC(=S)C(C#N)(C1)C2(C)C. The molecule has 2 fully saturated rings. The molecular weight excluding hydrogens is 248 g/mol. The largest absolute Gasteiger partial charge is 0.318 e. The number of rotatable bonds is 0. The number of hydrogen-bond donors (Lipinski definition) is 1. The van der Waals surface area contributed by atoms with Gasteiger partial charge in [0.25, 0.3) is 0 Å². The predicted octanol–water partition coefficient (Wildman–Crippen LogP) is 0.435. The van der Waals surface area contributed by atoms with Crippen LogP contribution in [0.4, 0.5) is 0 Å². The van der Waals surface area contributed by atoms with E-state index in [9.17, 15) is 15.3 Å². The summed E-state index contributed by atoms with van der Waals surface area (Å²) in [5.74, 6) is -0.391. The summed E-state index contributed by atoms with van der Waals surface area (Å²) in [6.45, 7) is 4.32. The average molecular weight is 262 g/mol. The zero-order valence-electron chi connectivity index (χ0n) is 10.6. The Morgan fingerprint density at radius 2 is 1.78 bits per heavy atom. The third-order valence-electron chi connectivity index (χ3n) is 4.53. The fraction of sp³-hybridized carbons (Fsp3) is 0.667. The van der Waals surface area contributed by atoms with E-state index >= 15 is 0 Å². The van der Waals surface area contributed by atoms with Gasteiger partial charge in [0, 0.05) is 18.5 Å². The van der Waals surface area contributed by atoms with Crippen LogP contribution < -0.4 is 5.32 Å². The fourth-order valence-electron chi connectivity index (χ4n) is 3.10. The van der Waals surface area contributed by atoms with Crippen molar-refractivity contribution in [3.05, 3.63) is 0 Å². The van der Waals surface area contributed by atoms with Crippen molar-refractivity contribution in [2.24, 2.45) is 16.2 Å². The zero-order valence-corrected chi connectivity index (χ0v) is 11.4. The monoisotopic (exact) mass is 262 g/mol. The number of thiocarbonyl (C=S) groups is 1. The van der Waals surface area contributed by atoms with Gasteiger partial charge in [-0.2, -0.15) is 10.5 Å². The van der Waals surface area contributed by atoms with Gasteiger partial charge in [0.1, 0.15) is 10.4 Å². The van der Waals surface area contributed by atoms with E-state index in [0.717, 1.165) is 0 Å². The molecule has 2 heterocycles. The number of nitrogens with one attached hydrogen (secondary N) is 1. The maximum atomic E-state index is 12.2. The Morgan fingerprint density at radius 3 is 2.28 bits per heavy atom. The molecule has 0 aliphatic carbocycles. The van der Waals surface area contributed by atoms with E-state index in [1.54, 1.807) is 20.9 Å². The first kappa shape index (κ1) is 12.9. The highest BCUT2D eigenvalue weighted by atomic mass is 32.1. The van der Waals surface area contributed by atoms with Crippen LogP contribution in [0.1, 0.15) is 13.8 Å². The van der Waals surface area contributed by atoms with Crippen LogP contribution in [0.25, 0.3) is 0 Å². The maximum absolute atomic E-state index is 12.2. The molecule has 1 N–H and O–H groups in total. The molecule has 1 amide bonds. The number of piperidine rings is 2. The number of hydrogen-bond acceptors (Lipinski definition) is 5. The predicted molar refractivity (Wildman–Crippen MR) is 68.1 cm³/mol. The van der Waals surface area contributed by atoms with Crippen molar-refractivity contribution in [3.8, 4) is 12.1 Å². The van der Waals surface area contributed by atoms with Gasteiger partial charge in [-0.3, -0.25) is 4.79 Å². The lowest BCUT2D eigenvalue weighted by Crippen LogP contribution is -2.75. The number of carbonyl (C=O) groups excluding carboxylic acids is 1. The lowest BCUT2D eigenvalue weighted by molar-refractivity contribution is -0.146. The van der Waals surface area contributed by atoms with Gasteiger partial charge in [-0.15, -0.1) is 0 Å². The van der Waals surface area contributed by atoms with E-state index < -0.39 is 22.2 Å². The summed E-state index contributed by atoms with van der Waals surface area (Å²) in [5, 5.41) is 21.7. The summed E-state index contributed by atoms with van der Waals surface area (Å²) in [5.41, 5.74) is -3.05. The lowest BCUT2D eigenvalue weighted by atomic mass is 9.48. The topological polar surface area (TPSA) is 79.9 Å². The highest BCUT2D eigenvalue weighted by molar-refractivity contribution is 7.80. The molecule has 2 atom stereocenters. The number of carbonyl (C=O) groups is 1.